The van der Waals surface area contributed by atoms with Crippen molar-refractivity contribution in [3.8, 4) is 0 Å². The van der Waals surface area contributed by atoms with E-state index in [9.17, 15) is 0 Å². The zero-order valence-electron chi connectivity index (χ0n) is 9.84. The molecule has 0 aromatic carbocycles. The minimum absolute atomic E-state index is 1.14. The van der Waals surface area contributed by atoms with Crippen molar-refractivity contribution in [1.29, 1.82) is 0 Å². The van der Waals surface area contributed by atoms with E-state index in [-0.39, 0.29) is 0 Å². The fraction of sp³-hybridized carbons (Fsp3) is 0.467. The number of rotatable bonds is 4. The quantitative estimate of drug-likeness (QED) is 0.616. The summed E-state index contributed by atoms with van der Waals surface area (Å²) in [5.41, 5.74) is 6.28. The molecule has 0 nitrogen and oxygen atoms in total. The van der Waals surface area contributed by atoms with Gasteiger partial charge < -0.3 is 0 Å². The van der Waals surface area contributed by atoms with Gasteiger partial charge in [-0.2, -0.15) is 0 Å². The molecule has 0 unspecified atom stereocenters. The molecular weight excluding hydrogens is 180 g/mol. The Hall–Kier alpha value is -1.04. The van der Waals surface area contributed by atoms with Gasteiger partial charge in [0.15, 0.2) is 0 Å². The van der Waals surface area contributed by atoms with Gasteiger partial charge in [0.2, 0.25) is 0 Å². The molecule has 0 amide bonds. The normalized spacial score (nSPS) is 19.9. The molecule has 0 heteroatoms. The molecule has 0 heterocycles. The number of hydrogen-bond acceptors (Lipinski definition) is 0. The third kappa shape index (κ3) is 1.99. The van der Waals surface area contributed by atoms with Crippen molar-refractivity contribution in [3.05, 3.63) is 46.6 Å². The Morgan fingerprint density at radius 1 is 1.20 bits per heavy atom. The first kappa shape index (κ1) is 10.5. The van der Waals surface area contributed by atoms with Crippen molar-refractivity contribution in [1.82, 2.24) is 0 Å². The molecule has 0 saturated carbocycles. The Labute approximate surface area is 93.1 Å². The van der Waals surface area contributed by atoms with Crippen molar-refractivity contribution in [2.75, 3.05) is 0 Å². The molecule has 0 spiro atoms. The summed E-state index contributed by atoms with van der Waals surface area (Å²) in [6.07, 6.45) is 15.4. The molecule has 0 saturated heterocycles. The monoisotopic (exact) mass is 200 g/mol. The van der Waals surface area contributed by atoms with Crippen LogP contribution in [0.3, 0.4) is 0 Å². The molecule has 0 aromatic rings. The molecule has 2 aliphatic carbocycles. The standard InChI is InChI=1S/C15H20/c1-3-7-13-9-6-11-15(13)14-10-5-8-12(14)4-2/h6,8-10H,3-5,7,11H2,1-2H3. The molecule has 0 N–H and O–H groups in total. The van der Waals surface area contributed by atoms with Crippen molar-refractivity contribution >= 4 is 0 Å². The van der Waals surface area contributed by atoms with Crippen LogP contribution in [0.1, 0.15) is 46.0 Å². The molecule has 80 valence electrons. The summed E-state index contributed by atoms with van der Waals surface area (Å²) < 4.78 is 0. The summed E-state index contributed by atoms with van der Waals surface area (Å²) in [5.74, 6) is 0. The fourth-order valence-corrected chi connectivity index (χ4v) is 2.55. The van der Waals surface area contributed by atoms with Crippen LogP contribution in [-0.2, 0) is 0 Å². The van der Waals surface area contributed by atoms with Gasteiger partial charge in [-0.3, -0.25) is 0 Å². The van der Waals surface area contributed by atoms with Crippen LogP contribution in [0.2, 0.25) is 0 Å². The second-order valence-electron chi connectivity index (χ2n) is 4.30. The van der Waals surface area contributed by atoms with Crippen molar-refractivity contribution in [2.24, 2.45) is 0 Å². The predicted octanol–water partition coefficient (Wildman–Crippen LogP) is 4.71. The van der Waals surface area contributed by atoms with Crippen molar-refractivity contribution in [2.45, 2.75) is 46.0 Å². The van der Waals surface area contributed by atoms with Gasteiger partial charge >= 0.3 is 0 Å². The Bertz CT molecular complexity index is 361. The largest absolute Gasteiger partial charge is 0.0798 e. The Morgan fingerprint density at radius 2 is 2.07 bits per heavy atom. The van der Waals surface area contributed by atoms with Crippen LogP contribution in [0.15, 0.2) is 46.6 Å². The minimum Gasteiger partial charge on any atom is -0.0798 e. The molecule has 0 atom stereocenters. The Morgan fingerprint density at radius 3 is 2.80 bits per heavy atom. The predicted molar refractivity (Wildman–Crippen MR) is 66.8 cm³/mol. The van der Waals surface area contributed by atoms with Crippen LogP contribution in [-0.4, -0.2) is 0 Å². The minimum atomic E-state index is 1.14. The zero-order chi connectivity index (χ0) is 10.7. The smallest absolute Gasteiger partial charge is 0.00856 e. The number of hydrogen-bond donors (Lipinski definition) is 0. The van der Waals surface area contributed by atoms with Gasteiger partial charge in [-0.05, 0) is 48.0 Å². The third-order valence-electron chi connectivity index (χ3n) is 3.29. The lowest BCUT2D eigenvalue weighted by Crippen LogP contribution is -1.92. The van der Waals surface area contributed by atoms with E-state index in [1.165, 1.54) is 19.3 Å². The fourth-order valence-electron chi connectivity index (χ4n) is 2.55. The highest BCUT2D eigenvalue weighted by molar-refractivity contribution is 5.56. The van der Waals surface area contributed by atoms with E-state index in [1.54, 1.807) is 22.3 Å². The first-order valence-electron chi connectivity index (χ1n) is 6.15. The summed E-state index contributed by atoms with van der Waals surface area (Å²) in [5, 5.41) is 0. The molecular formula is C15H20. The average Bonchev–Trinajstić information content (AvgIpc) is 2.84. The summed E-state index contributed by atoms with van der Waals surface area (Å²) in [7, 11) is 0. The summed E-state index contributed by atoms with van der Waals surface area (Å²) in [6.45, 7) is 4.52. The first-order valence-corrected chi connectivity index (χ1v) is 6.15. The topological polar surface area (TPSA) is 0 Å². The zero-order valence-corrected chi connectivity index (χ0v) is 9.84. The first-order chi connectivity index (χ1) is 7.36. The van der Waals surface area contributed by atoms with E-state index >= 15 is 0 Å². The lowest BCUT2D eigenvalue weighted by Gasteiger charge is -2.11. The van der Waals surface area contributed by atoms with Gasteiger partial charge in [0.05, 0.1) is 0 Å². The maximum Gasteiger partial charge on any atom is -0.00856 e. The van der Waals surface area contributed by atoms with Crippen molar-refractivity contribution < 1.29 is 0 Å². The molecule has 0 radical (unpaired) electrons. The van der Waals surface area contributed by atoms with Crippen LogP contribution < -0.4 is 0 Å². The second-order valence-corrected chi connectivity index (χ2v) is 4.30. The molecule has 15 heavy (non-hydrogen) atoms. The van der Waals surface area contributed by atoms with Gasteiger partial charge in [-0.25, -0.2) is 0 Å². The van der Waals surface area contributed by atoms with Gasteiger partial charge in [-0.15, -0.1) is 0 Å². The van der Waals surface area contributed by atoms with Crippen LogP contribution in [0, 0.1) is 0 Å². The Kier molecular flexibility index (Phi) is 3.25. The van der Waals surface area contributed by atoms with E-state index in [0.717, 1.165) is 12.8 Å². The molecule has 0 aliphatic heterocycles. The third-order valence-corrected chi connectivity index (χ3v) is 3.29. The second kappa shape index (κ2) is 4.65. The van der Waals surface area contributed by atoms with Gasteiger partial charge in [0.25, 0.3) is 0 Å². The highest BCUT2D eigenvalue weighted by Crippen LogP contribution is 2.36. The highest BCUT2D eigenvalue weighted by atomic mass is 14.2. The van der Waals surface area contributed by atoms with Gasteiger partial charge in [0.1, 0.15) is 0 Å². The van der Waals surface area contributed by atoms with Gasteiger partial charge in [-0.1, -0.05) is 44.6 Å². The SMILES string of the molecule is CCCC1=C(C2=CCC=C2CC)CC=C1. The maximum atomic E-state index is 2.40. The summed E-state index contributed by atoms with van der Waals surface area (Å²) in [6, 6.07) is 0. The van der Waals surface area contributed by atoms with E-state index in [1.807, 2.05) is 0 Å². The molecule has 2 rings (SSSR count). The van der Waals surface area contributed by atoms with E-state index in [4.69, 9.17) is 0 Å². The molecule has 0 bridgehead atoms. The van der Waals surface area contributed by atoms with Gasteiger partial charge in [0, 0.05) is 0 Å². The maximum absolute atomic E-state index is 2.40. The van der Waals surface area contributed by atoms with Crippen LogP contribution in [0.25, 0.3) is 0 Å². The lowest BCUT2D eigenvalue weighted by molar-refractivity contribution is 0.917. The number of allylic oxidation sites excluding steroid dienone is 8. The van der Waals surface area contributed by atoms with E-state index in [0.29, 0.717) is 0 Å². The van der Waals surface area contributed by atoms with Crippen LogP contribution in [0.5, 0.6) is 0 Å². The average molecular weight is 200 g/mol. The summed E-state index contributed by atoms with van der Waals surface area (Å²) >= 11 is 0. The highest BCUT2D eigenvalue weighted by Gasteiger charge is 2.17. The lowest BCUT2D eigenvalue weighted by atomic mass is 9.94. The van der Waals surface area contributed by atoms with E-state index in [2.05, 4.69) is 38.2 Å². The van der Waals surface area contributed by atoms with Crippen LogP contribution in [0.4, 0.5) is 0 Å². The van der Waals surface area contributed by atoms with Crippen LogP contribution >= 0.6 is 0 Å². The molecule has 2 aliphatic rings. The van der Waals surface area contributed by atoms with E-state index < -0.39 is 0 Å². The van der Waals surface area contributed by atoms with Crippen molar-refractivity contribution in [3.63, 3.8) is 0 Å². The molecule has 0 aromatic heterocycles. The summed E-state index contributed by atoms with van der Waals surface area (Å²) in [4.78, 5) is 0. The molecule has 0 fully saturated rings. The Balaban J connectivity index is 2.24.